The zero-order valence-corrected chi connectivity index (χ0v) is 27.3. The van der Waals surface area contributed by atoms with Crippen LogP contribution in [0.25, 0.3) is 22.5 Å². The molecule has 2 aromatic heterocycles. The Morgan fingerprint density at radius 3 is 1.86 bits per heavy atom. The van der Waals surface area contributed by atoms with Gasteiger partial charge in [0.15, 0.2) is 11.6 Å². The topological polar surface area (TPSA) is 99.8 Å². The summed E-state index contributed by atoms with van der Waals surface area (Å²) in [6, 6.07) is 47.7. The van der Waals surface area contributed by atoms with Gasteiger partial charge in [-0.05, 0) is 50.7 Å². The Labute approximate surface area is 284 Å². The number of carbonyl (C=O) groups excluding carboxylic acids is 1. The third kappa shape index (κ3) is 5.98. The number of nitrogens with one attached hydrogen (secondary N) is 1. The van der Waals surface area contributed by atoms with Crippen molar-refractivity contribution in [3.05, 3.63) is 174 Å². The molecule has 0 aliphatic heterocycles. The fraction of sp³-hybridized carbons (Fsp3) is 0.125. The van der Waals surface area contributed by atoms with Gasteiger partial charge in [0.2, 0.25) is 0 Å². The molecule has 0 aliphatic rings. The van der Waals surface area contributed by atoms with Crippen molar-refractivity contribution >= 4 is 11.8 Å². The second kappa shape index (κ2) is 13.8. The highest BCUT2D eigenvalue weighted by atomic mass is 16.5. The summed E-state index contributed by atoms with van der Waals surface area (Å²) in [5.41, 5.74) is 6.60. The van der Waals surface area contributed by atoms with E-state index in [9.17, 15) is 4.79 Å². The van der Waals surface area contributed by atoms with Crippen LogP contribution in [0.4, 0.5) is 5.82 Å². The number of anilines is 1. The van der Waals surface area contributed by atoms with Gasteiger partial charge in [0.05, 0.1) is 6.61 Å². The summed E-state index contributed by atoms with van der Waals surface area (Å²) in [5, 5.41) is 21.4. The third-order valence-corrected chi connectivity index (χ3v) is 8.58. The standard InChI is InChI=1S/C40H35N7O2/c1-3-49-39(48)36-28-46(2)43-37(36)41-27-29-23-25-30(26-24-29)34-21-13-14-22-35(34)38-42-44-45-47(38)40(31-15-7-4-8-16-31,32-17-9-5-10-18-32)33-19-11-6-12-20-33/h4-26,28H,3,27H2,1-2H3,(H,41,43). The smallest absolute Gasteiger partial charge is 0.343 e. The van der Waals surface area contributed by atoms with E-state index in [4.69, 9.17) is 9.95 Å². The summed E-state index contributed by atoms with van der Waals surface area (Å²) < 4.78 is 8.76. The van der Waals surface area contributed by atoms with E-state index in [1.807, 2.05) is 35.0 Å². The molecule has 5 aromatic carbocycles. The Kier molecular flexibility index (Phi) is 8.80. The number of carbonyl (C=O) groups is 1. The van der Waals surface area contributed by atoms with Crippen LogP contribution in [0.1, 0.15) is 39.5 Å². The van der Waals surface area contributed by atoms with Crippen LogP contribution in [-0.4, -0.2) is 42.6 Å². The summed E-state index contributed by atoms with van der Waals surface area (Å²) in [7, 11) is 1.78. The van der Waals surface area contributed by atoms with Gasteiger partial charge in [0.25, 0.3) is 0 Å². The van der Waals surface area contributed by atoms with Crippen molar-refractivity contribution in [2.24, 2.45) is 7.05 Å². The number of nitrogens with zero attached hydrogens (tertiary/aromatic N) is 6. The van der Waals surface area contributed by atoms with Gasteiger partial charge in [-0.2, -0.15) is 5.10 Å². The summed E-state index contributed by atoms with van der Waals surface area (Å²) in [6.07, 6.45) is 1.66. The first-order valence-corrected chi connectivity index (χ1v) is 16.2. The van der Waals surface area contributed by atoms with E-state index in [0.29, 0.717) is 30.4 Å². The van der Waals surface area contributed by atoms with Gasteiger partial charge in [-0.25, -0.2) is 9.48 Å². The van der Waals surface area contributed by atoms with Crippen LogP contribution in [0, 0.1) is 0 Å². The normalized spacial score (nSPS) is 11.3. The second-order valence-electron chi connectivity index (χ2n) is 11.6. The molecule has 9 nitrogen and oxygen atoms in total. The highest BCUT2D eigenvalue weighted by molar-refractivity contribution is 5.94. The number of aromatic nitrogens is 6. The lowest BCUT2D eigenvalue weighted by Gasteiger charge is -2.36. The molecule has 9 heteroatoms. The van der Waals surface area contributed by atoms with E-state index in [-0.39, 0.29) is 0 Å². The molecule has 7 rings (SSSR count). The van der Waals surface area contributed by atoms with Gasteiger partial charge in [0, 0.05) is 25.4 Å². The SMILES string of the molecule is CCOC(=O)c1cn(C)nc1NCc1ccc(-c2ccccc2-c2nnnn2C(c2ccccc2)(c2ccccc2)c2ccccc2)cc1. The minimum Gasteiger partial charge on any atom is -0.462 e. The van der Waals surface area contributed by atoms with Crippen LogP contribution in [0.2, 0.25) is 0 Å². The predicted octanol–water partition coefficient (Wildman–Crippen LogP) is 7.37. The van der Waals surface area contributed by atoms with Crippen LogP contribution in [0.3, 0.4) is 0 Å². The van der Waals surface area contributed by atoms with Crippen molar-refractivity contribution < 1.29 is 9.53 Å². The van der Waals surface area contributed by atoms with E-state index in [2.05, 4.69) is 130 Å². The maximum Gasteiger partial charge on any atom is 0.343 e. The molecule has 0 fully saturated rings. The first-order valence-electron chi connectivity index (χ1n) is 16.2. The molecule has 7 aromatic rings. The maximum atomic E-state index is 12.4. The molecule has 1 N–H and O–H groups in total. The summed E-state index contributed by atoms with van der Waals surface area (Å²) in [5.74, 6) is 0.726. The maximum absolute atomic E-state index is 12.4. The van der Waals surface area contributed by atoms with Crippen molar-refractivity contribution in [1.82, 2.24) is 30.0 Å². The summed E-state index contributed by atoms with van der Waals surface area (Å²) in [6.45, 7) is 2.57. The Morgan fingerprint density at radius 2 is 1.29 bits per heavy atom. The average Bonchev–Trinajstić information content (AvgIpc) is 3.80. The summed E-state index contributed by atoms with van der Waals surface area (Å²) >= 11 is 0. The van der Waals surface area contributed by atoms with E-state index in [0.717, 1.165) is 38.9 Å². The summed E-state index contributed by atoms with van der Waals surface area (Å²) in [4.78, 5) is 12.4. The van der Waals surface area contributed by atoms with E-state index in [1.54, 1.807) is 24.9 Å². The molecule has 0 radical (unpaired) electrons. The first-order chi connectivity index (χ1) is 24.1. The molecule has 0 saturated carbocycles. The van der Waals surface area contributed by atoms with Crippen LogP contribution in [-0.2, 0) is 23.9 Å². The Bertz CT molecular complexity index is 2060. The fourth-order valence-corrected chi connectivity index (χ4v) is 6.38. The van der Waals surface area contributed by atoms with Crippen LogP contribution in [0.15, 0.2) is 146 Å². The molecule has 0 unspecified atom stereocenters. The van der Waals surface area contributed by atoms with E-state index in [1.165, 1.54) is 0 Å². The van der Waals surface area contributed by atoms with Crippen LogP contribution >= 0.6 is 0 Å². The molecule has 0 atom stereocenters. The molecule has 49 heavy (non-hydrogen) atoms. The Hall–Kier alpha value is -6.35. The van der Waals surface area contributed by atoms with Crippen molar-refractivity contribution in [3.63, 3.8) is 0 Å². The minimum absolute atomic E-state index is 0.300. The second-order valence-corrected chi connectivity index (χ2v) is 11.6. The lowest BCUT2D eigenvalue weighted by atomic mass is 9.77. The van der Waals surface area contributed by atoms with Crippen LogP contribution < -0.4 is 5.32 Å². The number of tetrazole rings is 1. The average molecular weight is 646 g/mol. The monoisotopic (exact) mass is 645 g/mol. The molecule has 242 valence electrons. The van der Waals surface area contributed by atoms with Gasteiger partial charge in [-0.15, -0.1) is 5.10 Å². The first kappa shape index (κ1) is 31.3. The Balaban J connectivity index is 1.28. The van der Waals surface area contributed by atoms with Gasteiger partial charge < -0.3 is 10.1 Å². The van der Waals surface area contributed by atoms with Gasteiger partial charge >= 0.3 is 5.97 Å². The quantitative estimate of drug-likeness (QED) is 0.116. The minimum atomic E-state index is -0.862. The number of benzene rings is 5. The molecule has 0 bridgehead atoms. The number of hydrogen-bond donors (Lipinski definition) is 1. The van der Waals surface area contributed by atoms with E-state index < -0.39 is 11.5 Å². The molecular weight excluding hydrogens is 610 g/mol. The molecule has 0 saturated heterocycles. The lowest BCUT2D eigenvalue weighted by Crippen LogP contribution is -2.39. The highest BCUT2D eigenvalue weighted by Crippen LogP contribution is 2.43. The third-order valence-electron chi connectivity index (χ3n) is 8.58. The largest absolute Gasteiger partial charge is 0.462 e. The lowest BCUT2D eigenvalue weighted by molar-refractivity contribution is 0.0527. The van der Waals surface area contributed by atoms with Crippen molar-refractivity contribution in [1.29, 1.82) is 0 Å². The Morgan fingerprint density at radius 1 is 0.735 bits per heavy atom. The van der Waals surface area contributed by atoms with E-state index >= 15 is 0 Å². The van der Waals surface area contributed by atoms with Crippen molar-refractivity contribution in [2.75, 3.05) is 11.9 Å². The molecular formula is C40H35N7O2. The molecule has 2 heterocycles. The highest BCUT2D eigenvalue weighted by Gasteiger charge is 2.42. The van der Waals surface area contributed by atoms with Crippen molar-refractivity contribution in [3.8, 4) is 22.5 Å². The number of esters is 1. The number of aryl methyl sites for hydroxylation is 1. The van der Waals surface area contributed by atoms with Gasteiger partial charge in [0.1, 0.15) is 11.1 Å². The molecule has 0 aliphatic carbocycles. The zero-order chi connectivity index (χ0) is 33.6. The number of ether oxygens (including phenoxy) is 1. The zero-order valence-electron chi connectivity index (χ0n) is 27.3. The predicted molar refractivity (Wildman–Crippen MR) is 190 cm³/mol. The van der Waals surface area contributed by atoms with Gasteiger partial charge in [-0.1, -0.05) is 140 Å². The number of rotatable bonds is 11. The van der Waals surface area contributed by atoms with Crippen molar-refractivity contribution in [2.45, 2.75) is 19.0 Å². The fourth-order valence-electron chi connectivity index (χ4n) is 6.38. The molecule has 0 spiro atoms. The van der Waals surface area contributed by atoms with Gasteiger partial charge in [-0.3, -0.25) is 4.68 Å². The van der Waals surface area contributed by atoms with Crippen LogP contribution in [0.5, 0.6) is 0 Å². The number of hydrogen-bond acceptors (Lipinski definition) is 7. The molecule has 0 amide bonds.